The molecule has 1 aromatic carbocycles. The monoisotopic (exact) mass is 273 g/mol. The number of amides is 1. The summed E-state index contributed by atoms with van der Waals surface area (Å²) in [4.78, 5) is 23.7. The largest absolute Gasteiger partial charge is 0.353 e. The fraction of sp³-hybridized carbons (Fsp3) is 0.0769. The van der Waals surface area contributed by atoms with Gasteiger partial charge in [-0.05, 0) is 12.1 Å². The summed E-state index contributed by atoms with van der Waals surface area (Å²) in [5.41, 5.74) is 4.55. The van der Waals surface area contributed by atoms with Gasteiger partial charge in [0, 0.05) is 16.3 Å². The lowest BCUT2D eigenvalue weighted by Crippen LogP contribution is -2.21. The molecule has 2 aromatic heterocycles. The van der Waals surface area contributed by atoms with E-state index in [1.165, 1.54) is 18.4 Å². The Hall–Kier alpha value is -2.18. The molecule has 3 rings (SSSR count). The minimum absolute atomic E-state index is 0.346. The molecule has 0 aliphatic heterocycles. The first-order chi connectivity index (χ1) is 9.28. The quantitative estimate of drug-likeness (QED) is 0.721. The molecule has 0 aliphatic rings. The zero-order valence-corrected chi connectivity index (χ0v) is 11.0. The summed E-state index contributed by atoms with van der Waals surface area (Å²) in [6.45, 7) is 0. The van der Waals surface area contributed by atoms with Crippen LogP contribution in [0.5, 0.6) is 0 Å². The number of carbonyl (C=O) groups is 1. The minimum Gasteiger partial charge on any atom is -0.353 e. The van der Waals surface area contributed by atoms with E-state index in [1.807, 2.05) is 30.3 Å². The molecule has 0 aliphatic carbocycles. The van der Waals surface area contributed by atoms with E-state index in [-0.39, 0.29) is 5.91 Å². The van der Waals surface area contributed by atoms with Crippen LogP contribution in [0.25, 0.3) is 21.6 Å². The molecule has 0 spiro atoms. The van der Waals surface area contributed by atoms with Crippen molar-refractivity contribution < 1.29 is 9.63 Å². The highest BCUT2D eigenvalue weighted by Crippen LogP contribution is 2.26. The predicted molar refractivity (Wildman–Crippen MR) is 73.9 cm³/mol. The average molecular weight is 273 g/mol. The van der Waals surface area contributed by atoms with Gasteiger partial charge in [0.1, 0.15) is 10.7 Å². The third-order valence-corrected chi connectivity index (χ3v) is 3.57. The van der Waals surface area contributed by atoms with E-state index >= 15 is 0 Å². The second-order valence-electron chi connectivity index (χ2n) is 3.94. The maximum atomic E-state index is 11.6. The number of nitrogens with zero attached hydrogens (tertiary/aromatic N) is 1. The van der Waals surface area contributed by atoms with Crippen LogP contribution in [0.3, 0.4) is 0 Å². The average Bonchev–Trinajstić information content (AvgIpc) is 3.05. The van der Waals surface area contributed by atoms with Crippen LogP contribution < -0.4 is 5.48 Å². The number of aromatic amines is 1. The number of benzene rings is 1. The summed E-state index contributed by atoms with van der Waals surface area (Å²) in [6.07, 6.45) is 0. The topological polar surface area (TPSA) is 67.0 Å². The maximum absolute atomic E-state index is 11.6. The molecular formula is C13H11N3O2S. The van der Waals surface area contributed by atoms with Gasteiger partial charge < -0.3 is 4.98 Å². The molecule has 0 bridgehead atoms. The van der Waals surface area contributed by atoms with Gasteiger partial charge in [0.25, 0.3) is 5.91 Å². The Balaban J connectivity index is 1.96. The number of carbonyl (C=O) groups excluding carboxylic acids is 1. The van der Waals surface area contributed by atoms with Gasteiger partial charge in [0.15, 0.2) is 0 Å². The number of aromatic nitrogens is 2. The lowest BCUT2D eigenvalue weighted by Gasteiger charge is -1.96. The maximum Gasteiger partial charge on any atom is 0.294 e. The second-order valence-corrected chi connectivity index (χ2v) is 4.80. The molecular weight excluding hydrogens is 262 g/mol. The van der Waals surface area contributed by atoms with Gasteiger partial charge in [-0.2, -0.15) is 0 Å². The highest BCUT2D eigenvalue weighted by Gasteiger charge is 2.12. The van der Waals surface area contributed by atoms with Crippen molar-refractivity contribution in [3.8, 4) is 10.7 Å². The Labute approximate surface area is 113 Å². The third-order valence-electron chi connectivity index (χ3n) is 2.69. The van der Waals surface area contributed by atoms with Crippen LogP contribution in [0.4, 0.5) is 0 Å². The highest BCUT2D eigenvalue weighted by molar-refractivity contribution is 7.13. The number of rotatable bonds is 3. The lowest BCUT2D eigenvalue weighted by molar-refractivity contribution is 0.0533. The number of hydroxylamine groups is 1. The van der Waals surface area contributed by atoms with Gasteiger partial charge in [-0.15, -0.1) is 11.3 Å². The molecule has 0 atom stereocenters. The SMILES string of the molecule is CONC(=O)c1csc(-c2cc3ccccc3[nH]2)n1. The Kier molecular flexibility index (Phi) is 3.02. The normalized spacial score (nSPS) is 10.8. The van der Waals surface area contributed by atoms with Crippen LogP contribution in [-0.2, 0) is 4.84 Å². The van der Waals surface area contributed by atoms with Crippen molar-refractivity contribution in [2.75, 3.05) is 7.11 Å². The Bertz CT molecular complexity index is 699. The van der Waals surface area contributed by atoms with Crippen LogP contribution in [0.1, 0.15) is 10.5 Å². The Morgan fingerprint density at radius 1 is 1.42 bits per heavy atom. The summed E-state index contributed by atoms with van der Waals surface area (Å²) in [5.74, 6) is -0.346. The van der Waals surface area contributed by atoms with E-state index in [9.17, 15) is 4.79 Å². The number of H-pyrrole nitrogens is 1. The van der Waals surface area contributed by atoms with Gasteiger partial charge in [-0.25, -0.2) is 10.5 Å². The van der Waals surface area contributed by atoms with E-state index in [2.05, 4.69) is 20.3 Å². The number of thiazole rings is 1. The molecule has 19 heavy (non-hydrogen) atoms. The summed E-state index contributed by atoms with van der Waals surface area (Å²) >= 11 is 1.41. The van der Waals surface area contributed by atoms with Gasteiger partial charge >= 0.3 is 0 Å². The molecule has 6 heteroatoms. The van der Waals surface area contributed by atoms with Crippen LogP contribution in [0, 0.1) is 0 Å². The predicted octanol–water partition coefficient (Wildman–Crippen LogP) is 2.58. The van der Waals surface area contributed by atoms with Crippen molar-refractivity contribution in [3.05, 3.63) is 41.4 Å². The minimum atomic E-state index is -0.346. The molecule has 0 saturated heterocycles. The van der Waals surface area contributed by atoms with Crippen LogP contribution >= 0.6 is 11.3 Å². The molecule has 2 N–H and O–H groups in total. The molecule has 2 heterocycles. The first kappa shape index (κ1) is 11.9. The zero-order valence-electron chi connectivity index (χ0n) is 10.1. The number of fused-ring (bicyclic) bond motifs is 1. The van der Waals surface area contributed by atoms with Crippen LogP contribution in [0.15, 0.2) is 35.7 Å². The zero-order chi connectivity index (χ0) is 13.2. The highest BCUT2D eigenvalue weighted by atomic mass is 32.1. The van der Waals surface area contributed by atoms with Crippen molar-refractivity contribution >= 4 is 28.1 Å². The molecule has 0 unspecified atom stereocenters. The fourth-order valence-electron chi connectivity index (χ4n) is 1.84. The van der Waals surface area contributed by atoms with E-state index < -0.39 is 0 Å². The smallest absolute Gasteiger partial charge is 0.294 e. The number of hydrogen-bond donors (Lipinski definition) is 2. The molecule has 0 fully saturated rings. The summed E-state index contributed by atoms with van der Waals surface area (Å²) in [5, 5.41) is 3.60. The summed E-state index contributed by atoms with van der Waals surface area (Å²) in [7, 11) is 1.39. The molecule has 0 saturated carbocycles. The second kappa shape index (κ2) is 4.83. The third kappa shape index (κ3) is 2.23. The molecule has 1 amide bonds. The van der Waals surface area contributed by atoms with Crippen molar-refractivity contribution in [1.82, 2.24) is 15.4 Å². The van der Waals surface area contributed by atoms with E-state index in [1.54, 1.807) is 5.38 Å². The molecule has 3 aromatic rings. The van der Waals surface area contributed by atoms with Gasteiger partial charge in [-0.1, -0.05) is 18.2 Å². The number of nitrogens with one attached hydrogen (secondary N) is 2. The summed E-state index contributed by atoms with van der Waals surface area (Å²) < 4.78 is 0. The van der Waals surface area contributed by atoms with Gasteiger partial charge in [-0.3, -0.25) is 9.63 Å². The number of para-hydroxylation sites is 1. The lowest BCUT2D eigenvalue weighted by atomic mass is 10.2. The van der Waals surface area contributed by atoms with Gasteiger partial charge in [0.2, 0.25) is 0 Å². The van der Waals surface area contributed by atoms with Crippen LogP contribution in [0.2, 0.25) is 0 Å². The molecule has 0 radical (unpaired) electrons. The van der Waals surface area contributed by atoms with Crippen molar-refractivity contribution in [3.63, 3.8) is 0 Å². The first-order valence-corrected chi connectivity index (χ1v) is 6.53. The molecule has 96 valence electrons. The van der Waals surface area contributed by atoms with Crippen LogP contribution in [-0.4, -0.2) is 23.0 Å². The Morgan fingerprint density at radius 3 is 3.05 bits per heavy atom. The van der Waals surface area contributed by atoms with E-state index in [0.717, 1.165) is 21.6 Å². The van der Waals surface area contributed by atoms with E-state index in [4.69, 9.17) is 0 Å². The fourth-order valence-corrected chi connectivity index (χ4v) is 2.61. The van der Waals surface area contributed by atoms with Crippen molar-refractivity contribution in [2.45, 2.75) is 0 Å². The standard InChI is InChI=1S/C13H11N3O2S/c1-18-16-12(17)11-7-19-13(15-11)10-6-8-4-2-3-5-9(8)14-10/h2-7,14H,1H3,(H,16,17). The summed E-state index contributed by atoms with van der Waals surface area (Å²) in [6, 6.07) is 10.0. The first-order valence-electron chi connectivity index (χ1n) is 5.65. The van der Waals surface area contributed by atoms with Crippen molar-refractivity contribution in [2.24, 2.45) is 0 Å². The molecule has 5 nitrogen and oxygen atoms in total. The number of hydrogen-bond acceptors (Lipinski definition) is 4. The van der Waals surface area contributed by atoms with Crippen molar-refractivity contribution in [1.29, 1.82) is 0 Å². The van der Waals surface area contributed by atoms with Gasteiger partial charge in [0.05, 0.1) is 12.8 Å². The van der Waals surface area contributed by atoms with E-state index in [0.29, 0.717) is 5.69 Å². The Morgan fingerprint density at radius 2 is 2.26 bits per heavy atom.